The Hall–Kier alpha value is -6.78. The summed E-state index contributed by atoms with van der Waals surface area (Å²) in [6.07, 6.45) is 0. The van der Waals surface area contributed by atoms with Crippen molar-refractivity contribution in [2.24, 2.45) is 0 Å². The summed E-state index contributed by atoms with van der Waals surface area (Å²) >= 11 is 0. The van der Waals surface area contributed by atoms with Crippen molar-refractivity contribution in [1.29, 1.82) is 0 Å². The second kappa shape index (κ2) is 10.4. The minimum absolute atomic E-state index is 0.859. The molecule has 0 N–H and O–H groups in total. The van der Waals surface area contributed by atoms with E-state index >= 15 is 0 Å². The maximum atomic E-state index is 6.37. The Bertz CT molecular complexity index is 3110. The van der Waals surface area contributed by atoms with E-state index in [9.17, 15) is 0 Å². The lowest BCUT2D eigenvalue weighted by molar-refractivity contribution is 0.668. The van der Waals surface area contributed by atoms with E-state index in [1.54, 1.807) is 0 Å². The van der Waals surface area contributed by atoms with Gasteiger partial charge in [-0.25, -0.2) is 0 Å². The van der Waals surface area contributed by atoms with E-state index in [2.05, 4.69) is 155 Å². The summed E-state index contributed by atoms with van der Waals surface area (Å²) in [4.78, 5) is 2.30. The van der Waals surface area contributed by atoms with Crippen LogP contribution >= 0.6 is 0 Å². The van der Waals surface area contributed by atoms with Crippen LogP contribution in [0, 0.1) is 0 Å². The van der Waals surface area contributed by atoms with Crippen LogP contribution in [0.5, 0.6) is 0 Å². The number of para-hydroxylation sites is 3. The Morgan fingerprint density at radius 2 is 0.920 bits per heavy atom. The Balaban J connectivity index is 1.12. The van der Waals surface area contributed by atoms with Gasteiger partial charge >= 0.3 is 0 Å². The van der Waals surface area contributed by atoms with Crippen molar-refractivity contribution in [3.8, 4) is 5.69 Å². The first-order valence-electron chi connectivity index (χ1n) is 16.9. The van der Waals surface area contributed by atoms with Gasteiger partial charge in [0.2, 0.25) is 0 Å². The van der Waals surface area contributed by atoms with E-state index in [4.69, 9.17) is 8.83 Å². The topological polar surface area (TPSA) is 34.5 Å². The summed E-state index contributed by atoms with van der Waals surface area (Å²) in [5.74, 6) is 0. The van der Waals surface area contributed by atoms with Gasteiger partial charge in [-0.2, -0.15) is 0 Å². The molecular weight excluding hydrogens is 613 g/mol. The van der Waals surface area contributed by atoms with Crippen molar-refractivity contribution >= 4 is 93.5 Å². The molecule has 0 saturated heterocycles. The molecule has 3 heterocycles. The van der Waals surface area contributed by atoms with Crippen molar-refractivity contribution in [2.75, 3.05) is 4.90 Å². The van der Waals surface area contributed by atoms with Crippen molar-refractivity contribution in [2.45, 2.75) is 0 Å². The second-order valence-electron chi connectivity index (χ2n) is 12.9. The predicted octanol–water partition coefficient (Wildman–Crippen LogP) is 13.2. The van der Waals surface area contributed by atoms with Gasteiger partial charge in [-0.05, 0) is 78.2 Å². The van der Waals surface area contributed by atoms with Gasteiger partial charge in [-0.3, -0.25) is 0 Å². The molecule has 0 unspecified atom stereocenters. The molecule has 3 aromatic heterocycles. The van der Waals surface area contributed by atoms with Gasteiger partial charge in [0.1, 0.15) is 22.3 Å². The number of nitrogens with zero attached hydrogens (tertiary/aromatic N) is 2. The molecule has 0 bridgehead atoms. The highest BCUT2D eigenvalue weighted by atomic mass is 16.3. The molecule has 11 aromatic rings. The number of rotatable bonds is 4. The minimum Gasteiger partial charge on any atom is -0.456 e. The molecule has 0 aliphatic heterocycles. The molecule has 234 valence electrons. The van der Waals surface area contributed by atoms with Crippen LogP contribution in [0.15, 0.2) is 179 Å². The van der Waals surface area contributed by atoms with Crippen molar-refractivity contribution in [3.63, 3.8) is 0 Å². The van der Waals surface area contributed by atoms with E-state index in [1.165, 1.54) is 32.6 Å². The van der Waals surface area contributed by atoms with Crippen LogP contribution in [0.1, 0.15) is 0 Å². The first kappa shape index (κ1) is 27.2. The molecule has 0 aliphatic rings. The highest BCUT2D eigenvalue weighted by Gasteiger charge is 2.19. The molecular formula is C46H28N2O2. The quantitative estimate of drug-likeness (QED) is 0.192. The molecule has 50 heavy (non-hydrogen) atoms. The highest BCUT2D eigenvalue weighted by Crippen LogP contribution is 2.42. The zero-order valence-corrected chi connectivity index (χ0v) is 26.9. The minimum atomic E-state index is 0.859. The zero-order valence-electron chi connectivity index (χ0n) is 26.9. The van der Waals surface area contributed by atoms with E-state index in [0.717, 1.165) is 66.6 Å². The van der Waals surface area contributed by atoms with Crippen molar-refractivity contribution < 1.29 is 8.83 Å². The third kappa shape index (κ3) is 3.93. The van der Waals surface area contributed by atoms with Gasteiger partial charge in [0.05, 0.1) is 11.0 Å². The van der Waals surface area contributed by atoms with Crippen LogP contribution in [0.2, 0.25) is 0 Å². The smallest absolute Gasteiger partial charge is 0.137 e. The second-order valence-corrected chi connectivity index (χ2v) is 12.9. The lowest BCUT2D eigenvalue weighted by Crippen LogP contribution is -2.10. The van der Waals surface area contributed by atoms with Crippen LogP contribution in [-0.2, 0) is 0 Å². The number of hydrogen-bond acceptors (Lipinski definition) is 3. The van der Waals surface area contributed by atoms with Crippen LogP contribution in [0.25, 0.3) is 82.1 Å². The number of furan rings is 2. The van der Waals surface area contributed by atoms with Gasteiger partial charge in [0.25, 0.3) is 0 Å². The number of aromatic nitrogens is 1. The van der Waals surface area contributed by atoms with Gasteiger partial charge in [-0.1, -0.05) is 91.0 Å². The van der Waals surface area contributed by atoms with Crippen LogP contribution in [0.4, 0.5) is 17.1 Å². The zero-order chi connectivity index (χ0) is 32.8. The van der Waals surface area contributed by atoms with Gasteiger partial charge < -0.3 is 18.3 Å². The summed E-state index contributed by atoms with van der Waals surface area (Å²) in [5, 5.41) is 9.39. The average molecular weight is 641 g/mol. The summed E-state index contributed by atoms with van der Waals surface area (Å²) < 4.78 is 15.0. The Kier molecular flexibility index (Phi) is 5.63. The molecule has 0 aliphatic carbocycles. The Morgan fingerprint density at radius 1 is 0.360 bits per heavy atom. The van der Waals surface area contributed by atoms with Crippen LogP contribution in [-0.4, -0.2) is 4.57 Å². The molecule has 0 saturated carbocycles. The summed E-state index contributed by atoms with van der Waals surface area (Å²) in [6.45, 7) is 0. The van der Waals surface area contributed by atoms with Crippen LogP contribution in [0.3, 0.4) is 0 Å². The SMILES string of the molecule is c1ccc2c(c1)ccc1c3ccccc3n(-c3ccc(N(c4ccc5c(c4)oc4ccccc45)c4ccc5oc6ccccc6c5c4)cc3)c21. The van der Waals surface area contributed by atoms with Crippen molar-refractivity contribution in [1.82, 2.24) is 4.57 Å². The summed E-state index contributed by atoms with van der Waals surface area (Å²) in [5.41, 5.74) is 10.1. The maximum Gasteiger partial charge on any atom is 0.137 e. The monoisotopic (exact) mass is 640 g/mol. The Morgan fingerprint density at radius 3 is 1.74 bits per heavy atom. The first-order valence-corrected chi connectivity index (χ1v) is 16.9. The number of benzene rings is 8. The largest absolute Gasteiger partial charge is 0.456 e. The molecule has 8 aromatic carbocycles. The van der Waals surface area contributed by atoms with E-state index < -0.39 is 0 Å². The molecule has 4 heteroatoms. The molecule has 0 spiro atoms. The third-order valence-electron chi connectivity index (χ3n) is 10.2. The first-order chi connectivity index (χ1) is 24.8. The molecule has 0 radical (unpaired) electrons. The van der Waals surface area contributed by atoms with Gasteiger partial charge in [0.15, 0.2) is 0 Å². The third-order valence-corrected chi connectivity index (χ3v) is 10.2. The fourth-order valence-electron chi connectivity index (χ4n) is 7.90. The normalized spacial score (nSPS) is 12.0. The number of anilines is 3. The molecule has 0 atom stereocenters. The fraction of sp³-hybridized carbons (Fsp3) is 0. The molecule has 0 amide bonds. The molecule has 4 nitrogen and oxygen atoms in total. The standard InChI is InChI=1S/C46H28N2O2/c1-2-10-34-29(9-1)17-24-39-35-11-3-6-14-41(35)48(46(34)39)31-20-18-30(19-21-31)47(32-23-26-44-40(27-32)37-13-5-8-16-43(37)49-44)33-22-25-38-36-12-4-7-15-42(36)50-45(38)28-33/h1-28H. The number of fused-ring (bicyclic) bond motifs is 11. The van der Waals surface area contributed by atoms with E-state index in [-0.39, 0.29) is 0 Å². The van der Waals surface area contributed by atoms with Gasteiger partial charge in [0, 0.05) is 66.5 Å². The Labute approximate surface area is 286 Å². The summed E-state index contributed by atoms with van der Waals surface area (Å²) in [7, 11) is 0. The van der Waals surface area contributed by atoms with Gasteiger partial charge in [-0.15, -0.1) is 0 Å². The fourth-order valence-corrected chi connectivity index (χ4v) is 7.90. The number of hydrogen-bond donors (Lipinski definition) is 0. The molecule has 0 fully saturated rings. The van der Waals surface area contributed by atoms with E-state index in [0.29, 0.717) is 0 Å². The lowest BCUT2D eigenvalue weighted by Gasteiger charge is -2.26. The highest BCUT2D eigenvalue weighted by molar-refractivity contribution is 6.18. The predicted molar refractivity (Wildman–Crippen MR) is 208 cm³/mol. The van der Waals surface area contributed by atoms with Crippen molar-refractivity contribution in [3.05, 3.63) is 170 Å². The maximum absolute atomic E-state index is 6.37. The van der Waals surface area contributed by atoms with Crippen LogP contribution < -0.4 is 4.90 Å². The average Bonchev–Trinajstić information content (AvgIpc) is 3.84. The lowest BCUT2D eigenvalue weighted by atomic mass is 10.1. The molecule has 11 rings (SSSR count). The van der Waals surface area contributed by atoms with E-state index in [1.807, 2.05) is 24.3 Å². The summed E-state index contributed by atoms with van der Waals surface area (Å²) in [6, 6.07) is 60.2.